The van der Waals surface area contributed by atoms with E-state index in [1.165, 1.54) is 12.1 Å². The quantitative estimate of drug-likeness (QED) is 0.930. The summed E-state index contributed by atoms with van der Waals surface area (Å²) in [6.45, 7) is 4.06. The fourth-order valence-corrected chi connectivity index (χ4v) is 4.21. The molecule has 1 N–H and O–H groups in total. The van der Waals surface area contributed by atoms with Crippen molar-refractivity contribution in [2.75, 3.05) is 6.26 Å². The summed E-state index contributed by atoms with van der Waals surface area (Å²) in [5, 5.41) is 10.1. The molecule has 0 bridgehead atoms. The normalized spacial score (nSPS) is 25.2. The van der Waals surface area contributed by atoms with E-state index in [2.05, 4.69) is 0 Å². The van der Waals surface area contributed by atoms with Gasteiger partial charge < -0.3 is 5.11 Å². The van der Waals surface area contributed by atoms with Crippen molar-refractivity contribution in [1.29, 1.82) is 0 Å². The van der Waals surface area contributed by atoms with Gasteiger partial charge in [0, 0.05) is 11.7 Å². The predicted octanol–water partition coefficient (Wildman–Crippen LogP) is 2.88. The van der Waals surface area contributed by atoms with Gasteiger partial charge in [-0.25, -0.2) is 12.8 Å². The third-order valence-electron chi connectivity index (χ3n) is 4.89. The highest BCUT2D eigenvalue weighted by Crippen LogP contribution is 2.57. The van der Waals surface area contributed by atoms with Gasteiger partial charge in [-0.05, 0) is 42.9 Å². The van der Waals surface area contributed by atoms with Crippen LogP contribution in [-0.4, -0.2) is 25.9 Å². The van der Waals surface area contributed by atoms with Crippen molar-refractivity contribution in [3.05, 3.63) is 29.6 Å². The Hall–Kier alpha value is -0.940. The van der Waals surface area contributed by atoms with Crippen molar-refractivity contribution in [3.8, 4) is 0 Å². The molecule has 2 atom stereocenters. The first-order valence-electron chi connectivity index (χ1n) is 6.93. The molecular formula is C15H21FO3S. The smallest absolute Gasteiger partial charge is 0.178 e. The van der Waals surface area contributed by atoms with E-state index in [-0.39, 0.29) is 22.3 Å². The number of sulfone groups is 1. The molecule has 2 rings (SSSR count). The second-order valence-corrected chi connectivity index (χ2v) is 7.69. The van der Waals surface area contributed by atoms with Crippen LogP contribution in [0.4, 0.5) is 4.39 Å². The highest BCUT2D eigenvalue weighted by atomic mass is 32.2. The number of benzene rings is 1. The Labute approximate surface area is 119 Å². The van der Waals surface area contributed by atoms with Crippen LogP contribution in [0, 0.1) is 11.2 Å². The van der Waals surface area contributed by atoms with Crippen LogP contribution in [0.25, 0.3) is 0 Å². The zero-order valence-electron chi connectivity index (χ0n) is 12.1. The van der Waals surface area contributed by atoms with E-state index < -0.39 is 15.7 Å². The van der Waals surface area contributed by atoms with Crippen LogP contribution in [0.3, 0.4) is 0 Å². The molecule has 5 heteroatoms. The van der Waals surface area contributed by atoms with Crippen molar-refractivity contribution < 1.29 is 17.9 Å². The molecule has 1 aromatic rings. The molecule has 0 radical (unpaired) electrons. The van der Waals surface area contributed by atoms with Gasteiger partial charge >= 0.3 is 0 Å². The standard InChI is InChI=1S/C15H21FO3S/c1-4-15(5-2)11(9-14(15)17)10-6-7-13(12(16)8-10)20(3,18)19/h6-8,11,14,17H,4-5,9H2,1-3H3. The fraction of sp³-hybridized carbons (Fsp3) is 0.600. The molecule has 0 aromatic heterocycles. The summed E-state index contributed by atoms with van der Waals surface area (Å²) in [6, 6.07) is 4.32. The Kier molecular flexibility index (Phi) is 3.95. The van der Waals surface area contributed by atoms with E-state index in [0.29, 0.717) is 6.42 Å². The lowest BCUT2D eigenvalue weighted by molar-refractivity contribution is -0.0932. The van der Waals surface area contributed by atoms with Gasteiger partial charge in [0.15, 0.2) is 9.84 Å². The minimum Gasteiger partial charge on any atom is -0.393 e. The van der Waals surface area contributed by atoms with Crippen LogP contribution in [-0.2, 0) is 9.84 Å². The lowest BCUT2D eigenvalue weighted by Gasteiger charge is -2.53. The maximum atomic E-state index is 14.0. The van der Waals surface area contributed by atoms with E-state index in [0.717, 1.165) is 24.7 Å². The monoisotopic (exact) mass is 300 g/mol. The summed E-state index contributed by atoms with van der Waals surface area (Å²) in [6.07, 6.45) is 2.90. The van der Waals surface area contributed by atoms with Crippen molar-refractivity contribution in [1.82, 2.24) is 0 Å². The Balaban J connectivity index is 2.39. The van der Waals surface area contributed by atoms with Gasteiger partial charge in [-0.15, -0.1) is 0 Å². The van der Waals surface area contributed by atoms with Gasteiger partial charge in [-0.2, -0.15) is 0 Å². The highest BCUT2D eigenvalue weighted by Gasteiger charge is 2.52. The van der Waals surface area contributed by atoms with Crippen molar-refractivity contribution in [2.45, 2.75) is 50.0 Å². The molecule has 1 saturated carbocycles. The van der Waals surface area contributed by atoms with E-state index in [4.69, 9.17) is 0 Å². The van der Waals surface area contributed by atoms with Gasteiger partial charge in [0.1, 0.15) is 10.7 Å². The first-order valence-corrected chi connectivity index (χ1v) is 8.83. The molecular weight excluding hydrogens is 279 g/mol. The number of hydrogen-bond acceptors (Lipinski definition) is 3. The van der Waals surface area contributed by atoms with Crippen molar-refractivity contribution in [3.63, 3.8) is 0 Å². The maximum Gasteiger partial charge on any atom is 0.178 e. The average molecular weight is 300 g/mol. The summed E-state index contributed by atoms with van der Waals surface area (Å²) in [5.74, 6) is -0.608. The van der Waals surface area contributed by atoms with E-state index >= 15 is 0 Å². The van der Waals surface area contributed by atoms with Gasteiger partial charge in [0.05, 0.1) is 6.10 Å². The molecule has 0 saturated heterocycles. The SMILES string of the molecule is CCC1(CC)C(O)CC1c1ccc(S(C)(=O)=O)c(F)c1. The molecule has 0 aliphatic heterocycles. The van der Waals surface area contributed by atoms with E-state index in [1.807, 2.05) is 13.8 Å². The first-order chi connectivity index (χ1) is 9.26. The van der Waals surface area contributed by atoms with E-state index in [1.54, 1.807) is 6.07 Å². The summed E-state index contributed by atoms with van der Waals surface area (Å²) in [7, 11) is -3.54. The van der Waals surface area contributed by atoms with Crippen LogP contribution in [0.15, 0.2) is 23.1 Å². The van der Waals surface area contributed by atoms with Crippen molar-refractivity contribution >= 4 is 9.84 Å². The fourth-order valence-electron chi connectivity index (χ4n) is 3.48. The topological polar surface area (TPSA) is 54.4 Å². The minimum atomic E-state index is -3.54. The molecule has 0 amide bonds. The molecule has 0 heterocycles. The third kappa shape index (κ3) is 2.27. The summed E-state index contributed by atoms with van der Waals surface area (Å²) >= 11 is 0. The predicted molar refractivity (Wildman–Crippen MR) is 75.9 cm³/mol. The Morgan fingerprint density at radius 1 is 1.35 bits per heavy atom. The summed E-state index contributed by atoms with van der Waals surface area (Å²) in [5.41, 5.74) is 0.572. The molecule has 1 aliphatic carbocycles. The van der Waals surface area contributed by atoms with Crippen LogP contribution in [0.1, 0.15) is 44.6 Å². The second kappa shape index (κ2) is 5.11. The van der Waals surface area contributed by atoms with Gasteiger partial charge in [0.25, 0.3) is 0 Å². The Morgan fingerprint density at radius 2 is 1.95 bits per heavy atom. The molecule has 3 nitrogen and oxygen atoms in total. The van der Waals surface area contributed by atoms with Crippen molar-refractivity contribution in [2.24, 2.45) is 5.41 Å². The Bertz CT molecular complexity index is 606. The molecule has 1 aromatic carbocycles. The number of aliphatic hydroxyl groups excluding tert-OH is 1. The summed E-state index contributed by atoms with van der Waals surface area (Å²) < 4.78 is 36.8. The average Bonchev–Trinajstić information content (AvgIpc) is 2.36. The number of aliphatic hydroxyl groups is 1. The lowest BCUT2D eigenvalue weighted by Crippen LogP contribution is -2.50. The number of hydrogen-bond donors (Lipinski definition) is 1. The van der Waals surface area contributed by atoms with Gasteiger partial charge in [-0.1, -0.05) is 19.9 Å². The lowest BCUT2D eigenvalue weighted by atomic mass is 9.53. The summed E-state index contributed by atoms with van der Waals surface area (Å²) in [4.78, 5) is -0.264. The highest BCUT2D eigenvalue weighted by molar-refractivity contribution is 7.90. The molecule has 20 heavy (non-hydrogen) atoms. The van der Waals surface area contributed by atoms with E-state index in [9.17, 15) is 17.9 Å². The molecule has 1 fully saturated rings. The molecule has 112 valence electrons. The molecule has 1 aliphatic rings. The third-order valence-corrected chi connectivity index (χ3v) is 6.02. The zero-order valence-corrected chi connectivity index (χ0v) is 12.9. The van der Waals surface area contributed by atoms with Crippen LogP contribution >= 0.6 is 0 Å². The largest absolute Gasteiger partial charge is 0.393 e. The minimum absolute atomic E-state index is 0.0932. The molecule has 2 unspecified atom stereocenters. The van der Waals surface area contributed by atoms with Crippen LogP contribution in [0.2, 0.25) is 0 Å². The number of halogens is 1. The van der Waals surface area contributed by atoms with Gasteiger partial charge in [0.2, 0.25) is 0 Å². The maximum absolute atomic E-state index is 14.0. The van der Waals surface area contributed by atoms with Crippen LogP contribution in [0.5, 0.6) is 0 Å². The number of rotatable bonds is 4. The first kappa shape index (κ1) is 15.4. The Morgan fingerprint density at radius 3 is 2.35 bits per heavy atom. The molecule has 0 spiro atoms. The second-order valence-electron chi connectivity index (χ2n) is 5.71. The van der Waals surface area contributed by atoms with Gasteiger partial charge in [-0.3, -0.25) is 0 Å². The van der Waals surface area contributed by atoms with Crippen LogP contribution < -0.4 is 0 Å². The zero-order chi connectivity index (χ0) is 15.1.